The van der Waals surface area contributed by atoms with Crippen molar-refractivity contribution in [3.05, 3.63) is 101 Å². The minimum atomic E-state index is -0.534. The fraction of sp³-hybridized carbons (Fsp3) is 0.217. The van der Waals surface area contributed by atoms with Crippen LogP contribution in [0.3, 0.4) is 0 Å². The maximum atomic E-state index is 10.4. The summed E-state index contributed by atoms with van der Waals surface area (Å²) in [6, 6.07) is 25.3. The predicted molar refractivity (Wildman–Crippen MR) is 110 cm³/mol. The van der Waals surface area contributed by atoms with E-state index in [4.69, 9.17) is 16.3 Å². The zero-order valence-corrected chi connectivity index (χ0v) is 16.1. The fourth-order valence-corrected chi connectivity index (χ4v) is 2.91. The Kier molecular flexibility index (Phi) is 6.88. The normalized spacial score (nSPS) is 13.1. The van der Waals surface area contributed by atoms with Crippen LogP contribution in [0.1, 0.15) is 29.7 Å². The van der Waals surface area contributed by atoms with Crippen molar-refractivity contribution in [2.24, 2.45) is 0 Å². The summed E-state index contributed by atoms with van der Waals surface area (Å²) in [5.41, 5.74) is 3.14. The first-order valence-electron chi connectivity index (χ1n) is 9.04. The van der Waals surface area contributed by atoms with Crippen LogP contribution in [0.5, 0.6) is 5.75 Å². The van der Waals surface area contributed by atoms with Crippen LogP contribution in [0, 0.1) is 0 Å². The summed E-state index contributed by atoms with van der Waals surface area (Å²) in [4.78, 5) is 0. The molecule has 27 heavy (non-hydrogen) atoms. The van der Waals surface area contributed by atoms with Crippen LogP contribution in [0.25, 0.3) is 0 Å². The van der Waals surface area contributed by atoms with E-state index in [1.807, 2.05) is 85.8 Å². The van der Waals surface area contributed by atoms with Gasteiger partial charge in [-0.25, -0.2) is 0 Å². The number of aliphatic hydroxyl groups is 1. The number of nitrogens with one attached hydrogen (secondary N) is 1. The first-order chi connectivity index (χ1) is 13.1. The van der Waals surface area contributed by atoms with E-state index >= 15 is 0 Å². The van der Waals surface area contributed by atoms with Crippen molar-refractivity contribution in [1.82, 2.24) is 5.32 Å². The maximum absolute atomic E-state index is 10.4. The molecule has 0 aliphatic carbocycles. The second-order valence-corrected chi connectivity index (χ2v) is 7.02. The zero-order chi connectivity index (χ0) is 19.1. The molecule has 4 heteroatoms. The van der Waals surface area contributed by atoms with Crippen molar-refractivity contribution in [1.29, 1.82) is 0 Å². The Balaban J connectivity index is 1.48. The molecule has 140 valence electrons. The second kappa shape index (κ2) is 9.56. The summed E-state index contributed by atoms with van der Waals surface area (Å²) >= 11 is 5.89. The SMILES string of the molecule is C[C@H](NCc1ccc(OCc2ccc(Cl)cc2)cc1)[C@@H](O)c1ccccc1. The lowest BCUT2D eigenvalue weighted by atomic mass is 10.0. The second-order valence-electron chi connectivity index (χ2n) is 6.58. The van der Waals surface area contributed by atoms with Gasteiger partial charge in [0.2, 0.25) is 0 Å². The Hall–Kier alpha value is -2.33. The van der Waals surface area contributed by atoms with Gasteiger partial charge >= 0.3 is 0 Å². The topological polar surface area (TPSA) is 41.5 Å². The number of aliphatic hydroxyl groups excluding tert-OH is 1. The van der Waals surface area contributed by atoms with Crippen molar-refractivity contribution >= 4 is 11.6 Å². The summed E-state index contributed by atoms with van der Waals surface area (Å²) in [6.07, 6.45) is -0.534. The Morgan fingerprint density at radius 1 is 0.889 bits per heavy atom. The van der Waals surface area contributed by atoms with Gasteiger partial charge < -0.3 is 15.2 Å². The highest BCUT2D eigenvalue weighted by Gasteiger charge is 2.15. The van der Waals surface area contributed by atoms with Crippen LogP contribution >= 0.6 is 11.6 Å². The molecule has 0 bridgehead atoms. The molecule has 3 rings (SSSR count). The Morgan fingerprint density at radius 2 is 1.52 bits per heavy atom. The van der Waals surface area contributed by atoms with Crippen molar-refractivity contribution in [3.63, 3.8) is 0 Å². The number of hydrogen-bond acceptors (Lipinski definition) is 3. The van der Waals surface area contributed by atoms with Gasteiger partial charge in [0.1, 0.15) is 12.4 Å². The van der Waals surface area contributed by atoms with Gasteiger partial charge in [-0.3, -0.25) is 0 Å². The Morgan fingerprint density at radius 3 is 2.19 bits per heavy atom. The highest BCUT2D eigenvalue weighted by atomic mass is 35.5. The van der Waals surface area contributed by atoms with Crippen LogP contribution in [0.2, 0.25) is 5.02 Å². The molecule has 0 heterocycles. The minimum absolute atomic E-state index is 0.0479. The summed E-state index contributed by atoms with van der Waals surface area (Å²) in [7, 11) is 0. The molecule has 0 aliphatic rings. The van der Waals surface area contributed by atoms with Gasteiger partial charge in [0.15, 0.2) is 0 Å². The molecular weight excluding hydrogens is 358 g/mol. The molecule has 0 aromatic heterocycles. The highest BCUT2D eigenvalue weighted by Crippen LogP contribution is 2.18. The van der Waals surface area contributed by atoms with Gasteiger partial charge in [0, 0.05) is 17.6 Å². The van der Waals surface area contributed by atoms with Crippen LogP contribution < -0.4 is 10.1 Å². The minimum Gasteiger partial charge on any atom is -0.489 e. The van der Waals surface area contributed by atoms with E-state index in [0.29, 0.717) is 13.2 Å². The predicted octanol–water partition coefficient (Wildman–Crippen LogP) is 5.13. The van der Waals surface area contributed by atoms with Crippen LogP contribution in [0.15, 0.2) is 78.9 Å². The zero-order valence-electron chi connectivity index (χ0n) is 15.3. The summed E-state index contributed by atoms with van der Waals surface area (Å²) in [6.45, 7) is 3.18. The van der Waals surface area contributed by atoms with E-state index < -0.39 is 6.10 Å². The Bertz CT molecular complexity index is 819. The monoisotopic (exact) mass is 381 g/mol. The van der Waals surface area contributed by atoms with Gasteiger partial charge in [-0.05, 0) is 47.9 Å². The molecule has 0 saturated heterocycles. The third-order valence-electron chi connectivity index (χ3n) is 4.48. The third-order valence-corrected chi connectivity index (χ3v) is 4.74. The molecule has 3 aromatic carbocycles. The number of hydrogen-bond donors (Lipinski definition) is 2. The maximum Gasteiger partial charge on any atom is 0.119 e. The quantitative estimate of drug-likeness (QED) is 0.568. The molecule has 3 nitrogen and oxygen atoms in total. The molecule has 0 unspecified atom stereocenters. The van der Waals surface area contributed by atoms with Crippen LogP contribution in [0.4, 0.5) is 0 Å². The first-order valence-corrected chi connectivity index (χ1v) is 9.42. The van der Waals surface area contributed by atoms with Crippen molar-refractivity contribution in [2.45, 2.75) is 32.2 Å². The molecule has 0 aliphatic heterocycles. The van der Waals surface area contributed by atoms with Crippen molar-refractivity contribution in [2.75, 3.05) is 0 Å². The Labute approximate surface area is 165 Å². The summed E-state index contributed by atoms with van der Waals surface area (Å²) in [5.74, 6) is 0.825. The number of rotatable bonds is 8. The van der Waals surface area contributed by atoms with E-state index in [-0.39, 0.29) is 6.04 Å². The molecule has 3 aromatic rings. The molecule has 2 N–H and O–H groups in total. The smallest absolute Gasteiger partial charge is 0.119 e. The van der Waals surface area contributed by atoms with E-state index in [2.05, 4.69) is 5.32 Å². The van der Waals surface area contributed by atoms with E-state index in [1.54, 1.807) is 0 Å². The standard InChI is InChI=1S/C23H24ClNO2/c1-17(23(26)20-5-3-2-4-6-20)25-15-18-9-13-22(14-10-18)27-16-19-7-11-21(24)12-8-19/h2-14,17,23,25-26H,15-16H2,1H3/t17-,23+/m0/s1. The molecule has 2 atom stereocenters. The lowest BCUT2D eigenvalue weighted by molar-refractivity contribution is 0.135. The molecular formula is C23H24ClNO2. The molecule has 0 saturated carbocycles. The molecule has 0 spiro atoms. The van der Waals surface area contributed by atoms with E-state index in [1.165, 1.54) is 0 Å². The third kappa shape index (κ3) is 5.83. The summed E-state index contributed by atoms with van der Waals surface area (Å²) in [5, 5.41) is 14.5. The molecule has 0 radical (unpaired) electrons. The largest absolute Gasteiger partial charge is 0.489 e. The highest BCUT2D eigenvalue weighted by molar-refractivity contribution is 6.30. The van der Waals surface area contributed by atoms with Gasteiger partial charge in [0.25, 0.3) is 0 Å². The van der Waals surface area contributed by atoms with Gasteiger partial charge in [0.05, 0.1) is 6.10 Å². The van der Waals surface area contributed by atoms with Gasteiger partial charge in [-0.2, -0.15) is 0 Å². The van der Waals surface area contributed by atoms with Crippen molar-refractivity contribution in [3.8, 4) is 5.75 Å². The van der Waals surface area contributed by atoms with Crippen LogP contribution in [-0.4, -0.2) is 11.1 Å². The summed E-state index contributed by atoms with van der Waals surface area (Å²) < 4.78 is 5.81. The van der Waals surface area contributed by atoms with Gasteiger partial charge in [-0.1, -0.05) is 66.2 Å². The number of benzene rings is 3. The number of halogens is 1. The van der Waals surface area contributed by atoms with E-state index in [0.717, 1.165) is 27.5 Å². The van der Waals surface area contributed by atoms with Crippen LogP contribution in [-0.2, 0) is 13.2 Å². The average Bonchev–Trinajstić information content (AvgIpc) is 2.72. The lowest BCUT2D eigenvalue weighted by Crippen LogP contribution is -2.31. The van der Waals surface area contributed by atoms with E-state index in [9.17, 15) is 5.11 Å². The van der Waals surface area contributed by atoms with Gasteiger partial charge in [-0.15, -0.1) is 0 Å². The fourth-order valence-electron chi connectivity index (χ4n) is 2.78. The first kappa shape index (κ1) is 19.4. The number of ether oxygens (including phenoxy) is 1. The lowest BCUT2D eigenvalue weighted by Gasteiger charge is -2.20. The van der Waals surface area contributed by atoms with Crippen molar-refractivity contribution < 1.29 is 9.84 Å². The molecule has 0 amide bonds. The molecule has 0 fully saturated rings. The average molecular weight is 382 g/mol.